The highest BCUT2D eigenvalue weighted by atomic mass is 16.3. The Morgan fingerprint density at radius 2 is 1.81 bits per heavy atom. The van der Waals surface area contributed by atoms with Crippen molar-refractivity contribution in [2.45, 2.75) is 46.7 Å². The van der Waals surface area contributed by atoms with Crippen LogP contribution >= 0.6 is 0 Å². The molecule has 0 amide bonds. The Labute approximate surface area is 125 Å². The third-order valence-corrected chi connectivity index (χ3v) is 3.66. The first kappa shape index (κ1) is 15.2. The van der Waals surface area contributed by atoms with Crippen LogP contribution in [0.5, 0.6) is 11.5 Å². The molecule has 0 saturated heterocycles. The number of hydrogen-bond acceptors (Lipinski definition) is 4. The van der Waals surface area contributed by atoms with E-state index in [4.69, 9.17) is 0 Å². The molecule has 0 aliphatic heterocycles. The van der Waals surface area contributed by atoms with Crippen LogP contribution in [-0.4, -0.2) is 20.0 Å². The maximum absolute atomic E-state index is 9.95. The minimum atomic E-state index is -0.0900. The summed E-state index contributed by atoms with van der Waals surface area (Å²) in [6.07, 6.45) is 0. The average Bonchev–Trinajstić information content (AvgIpc) is 2.66. The van der Waals surface area contributed by atoms with Crippen LogP contribution in [0, 0.1) is 13.8 Å². The van der Waals surface area contributed by atoms with Gasteiger partial charge in [0.25, 0.3) is 0 Å². The Morgan fingerprint density at radius 3 is 2.33 bits per heavy atom. The van der Waals surface area contributed by atoms with Gasteiger partial charge in [-0.05, 0) is 46.8 Å². The summed E-state index contributed by atoms with van der Waals surface area (Å²) >= 11 is 0. The Morgan fingerprint density at radius 1 is 1.14 bits per heavy atom. The molecule has 0 fully saturated rings. The zero-order valence-corrected chi connectivity index (χ0v) is 13.2. The molecule has 0 radical (unpaired) electrons. The molecule has 21 heavy (non-hydrogen) atoms. The molecule has 0 aliphatic rings. The summed E-state index contributed by atoms with van der Waals surface area (Å²) in [6.45, 7) is 10.2. The zero-order chi connectivity index (χ0) is 15.7. The molecule has 5 nitrogen and oxygen atoms in total. The second-order valence-corrected chi connectivity index (χ2v) is 5.69. The zero-order valence-electron chi connectivity index (χ0n) is 13.2. The lowest BCUT2D eigenvalue weighted by Gasteiger charge is -2.18. The van der Waals surface area contributed by atoms with E-state index in [9.17, 15) is 10.2 Å². The molecule has 2 rings (SSSR count). The minimum Gasteiger partial charge on any atom is -0.508 e. The summed E-state index contributed by atoms with van der Waals surface area (Å²) in [5, 5.41) is 27.3. The van der Waals surface area contributed by atoms with E-state index in [0.717, 1.165) is 22.6 Å². The van der Waals surface area contributed by atoms with Crippen molar-refractivity contribution in [2.24, 2.45) is 0 Å². The summed E-state index contributed by atoms with van der Waals surface area (Å²) in [4.78, 5) is 0. The molecule has 1 unspecified atom stereocenters. The molecule has 1 aromatic heterocycles. The smallest absolute Gasteiger partial charge is 0.124 e. The lowest BCUT2D eigenvalue weighted by molar-refractivity contribution is 0.444. The van der Waals surface area contributed by atoms with Crippen LogP contribution in [0.4, 0.5) is 5.69 Å². The van der Waals surface area contributed by atoms with Gasteiger partial charge in [-0.2, -0.15) is 5.10 Å². The van der Waals surface area contributed by atoms with Gasteiger partial charge in [-0.15, -0.1) is 0 Å². The van der Waals surface area contributed by atoms with Crippen molar-refractivity contribution in [3.63, 3.8) is 0 Å². The number of hydrogen-bond donors (Lipinski definition) is 3. The summed E-state index contributed by atoms with van der Waals surface area (Å²) < 4.78 is 1.99. The molecule has 0 saturated carbocycles. The molecule has 1 aromatic carbocycles. The molecule has 2 aromatic rings. The van der Waals surface area contributed by atoms with Crippen molar-refractivity contribution in [1.82, 2.24) is 9.78 Å². The quantitative estimate of drug-likeness (QED) is 0.803. The number of aryl methyl sites for hydroxylation is 1. The molecule has 0 spiro atoms. The second kappa shape index (κ2) is 5.68. The number of rotatable bonds is 4. The van der Waals surface area contributed by atoms with Gasteiger partial charge >= 0.3 is 0 Å². The molecule has 0 bridgehead atoms. The van der Waals surface area contributed by atoms with Crippen LogP contribution in [0.15, 0.2) is 18.2 Å². The number of phenolic OH excluding ortho intramolecular Hbond substituents is 2. The van der Waals surface area contributed by atoms with Crippen molar-refractivity contribution < 1.29 is 10.2 Å². The van der Waals surface area contributed by atoms with Crippen LogP contribution in [0.25, 0.3) is 0 Å². The molecular formula is C16H23N3O2. The molecule has 114 valence electrons. The van der Waals surface area contributed by atoms with Gasteiger partial charge in [0.05, 0.1) is 23.1 Å². The number of nitrogens with one attached hydrogen (secondary N) is 1. The van der Waals surface area contributed by atoms with Crippen molar-refractivity contribution in [3.05, 3.63) is 35.2 Å². The van der Waals surface area contributed by atoms with Crippen LogP contribution in [0.3, 0.4) is 0 Å². The summed E-state index contributed by atoms with van der Waals surface area (Å²) in [6, 6.07) is 4.86. The van der Waals surface area contributed by atoms with Gasteiger partial charge in [0.2, 0.25) is 0 Å². The summed E-state index contributed by atoms with van der Waals surface area (Å²) in [5.41, 5.74) is 3.74. The van der Waals surface area contributed by atoms with Crippen LogP contribution in [0.1, 0.15) is 49.8 Å². The molecule has 5 heteroatoms. The topological polar surface area (TPSA) is 70.3 Å². The fourth-order valence-electron chi connectivity index (χ4n) is 2.57. The first-order valence-corrected chi connectivity index (χ1v) is 7.15. The van der Waals surface area contributed by atoms with E-state index in [1.165, 1.54) is 6.07 Å². The van der Waals surface area contributed by atoms with Gasteiger partial charge in [-0.25, -0.2) is 0 Å². The molecule has 1 atom stereocenters. The van der Waals surface area contributed by atoms with E-state index in [1.54, 1.807) is 12.1 Å². The highest BCUT2D eigenvalue weighted by Crippen LogP contribution is 2.32. The summed E-state index contributed by atoms with van der Waals surface area (Å²) in [7, 11) is 0. The monoisotopic (exact) mass is 289 g/mol. The predicted octanol–water partition coefficient (Wildman–Crippen LogP) is 3.67. The minimum absolute atomic E-state index is 0.0587. The molecule has 3 N–H and O–H groups in total. The average molecular weight is 289 g/mol. The maximum Gasteiger partial charge on any atom is 0.124 e. The first-order chi connectivity index (χ1) is 9.81. The van der Waals surface area contributed by atoms with Gasteiger partial charge in [0.15, 0.2) is 0 Å². The van der Waals surface area contributed by atoms with Gasteiger partial charge in [-0.3, -0.25) is 4.68 Å². The Kier molecular flexibility index (Phi) is 4.11. The lowest BCUT2D eigenvalue weighted by Crippen LogP contribution is -2.09. The van der Waals surface area contributed by atoms with E-state index in [0.29, 0.717) is 6.04 Å². The molecule has 0 aliphatic carbocycles. The lowest BCUT2D eigenvalue weighted by atomic mass is 10.1. The fourth-order valence-corrected chi connectivity index (χ4v) is 2.57. The largest absolute Gasteiger partial charge is 0.508 e. The van der Waals surface area contributed by atoms with Crippen molar-refractivity contribution >= 4 is 5.69 Å². The SMILES string of the molecule is Cc1nn(C(C)C)c(C)c1NC(C)c1ccc(O)cc1O. The third-order valence-electron chi connectivity index (χ3n) is 3.66. The predicted molar refractivity (Wildman–Crippen MR) is 83.9 cm³/mol. The Balaban J connectivity index is 2.29. The van der Waals surface area contributed by atoms with E-state index >= 15 is 0 Å². The third kappa shape index (κ3) is 2.96. The van der Waals surface area contributed by atoms with E-state index in [1.807, 2.05) is 25.5 Å². The Bertz CT molecular complexity index is 647. The van der Waals surface area contributed by atoms with Crippen molar-refractivity contribution in [3.8, 4) is 11.5 Å². The first-order valence-electron chi connectivity index (χ1n) is 7.15. The number of nitrogens with zero attached hydrogens (tertiary/aromatic N) is 2. The summed E-state index contributed by atoms with van der Waals surface area (Å²) in [5.74, 6) is 0.144. The second-order valence-electron chi connectivity index (χ2n) is 5.69. The fraction of sp³-hybridized carbons (Fsp3) is 0.438. The van der Waals surface area contributed by atoms with Gasteiger partial charge in [0, 0.05) is 17.7 Å². The van der Waals surface area contributed by atoms with Gasteiger partial charge in [-0.1, -0.05) is 0 Å². The standard InChI is InChI=1S/C16H23N3O2/c1-9(2)19-12(5)16(11(4)18-19)17-10(3)14-7-6-13(20)8-15(14)21/h6-10,17,20-21H,1-5H3. The number of aromatic hydroxyl groups is 2. The van der Waals surface area contributed by atoms with E-state index < -0.39 is 0 Å². The number of phenols is 2. The normalized spacial score (nSPS) is 12.7. The van der Waals surface area contributed by atoms with Crippen LogP contribution in [-0.2, 0) is 0 Å². The number of benzene rings is 1. The Hall–Kier alpha value is -2.17. The number of aromatic nitrogens is 2. The van der Waals surface area contributed by atoms with Crippen molar-refractivity contribution in [1.29, 1.82) is 0 Å². The highest BCUT2D eigenvalue weighted by molar-refractivity contribution is 5.55. The van der Waals surface area contributed by atoms with Gasteiger partial charge < -0.3 is 15.5 Å². The van der Waals surface area contributed by atoms with Gasteiger partial charge in [0.1, 0.15) is 11.5 Å². The number of anilines is 1. The maximum atomic E-state index is 9.95. The molecular weight excluding hydrogens is 266 g/mol. The van der Waals surface area contributed by atoms with Crippen LogP contribution < -0.4 is 5.32 Å². The van der Waals surface area contributed by atoms with Crippen molar-refractivity contribution in [2.75, 3.05) is 5.32 Å². The van der Waals surface area contributed by atoms with E-state index in [2.05, 4.69) is 24.3 Å². The highest BCUT2D eigenvalue weighted by Gasteiger charge is 2.17. The van der Waals surface area contributed by atoms with Crippen LogP contribution in [0.2, 0.25) is 0 Å². The molecule has 1 heterocycles. The van der Waals surface area contributed by atoms with E-state index in [-0.39, 0.29) is 17.5 Å².